The average Bonchev–Trinajstić information content (AvgIpc) is 3.65. The van der Waals surface area contributed by atoms with Gasteiger partial charge in [-0.05, 0) is 101 Å². The zero-order valence-corrected chi connectivity index (χ0v) is 35.3. The van der Waals surface area contributed by atoms with E-state index in [4.69, 9.17) is 0 Å². The first-order valence-electron chi connectivity index (χ1n) is 22.1. The van der Waals surface area contributed by atoms with Crippen LogP contribution in [-0.4, -0.2) is 4.57 Å². The van der Waals surface area contributed by atoms with Gasteiger partial charge in [0.15, 0.2) is 0 Å². The van der Waals surface area contributed by atoms with E-state index < -0.39 is 0 Å². The first kappa shape index (κ1) is 36.3. The fourth-order valence-electron chi connectivity index (χ4n) is 10.7. The van der Waals surface area contributed by atoms with Crippen LogP contribution in [0.3, 0.4) is 0 Å². The number of hydrogen-bond donors (Lipinski definition) is 0. The molecule has 0 saturated heterocycles. The van der Waals surface area contributed by atoms with Gasteiger partial charge in [0, 0.05) is 40.3 Å². The second-order valence-corrected chi connectivity index (χ2v) is 16.9. The van der Waals surface area contributed by atoms with Gasteiger partial charge >= 0.3 is 0 Å². The second kappa shape index (κ2) is 14.3. The van der Waals surface area contributed by atoms with Crippen LogP contribution in [0, 0.1) is 0 Å². The molecule has 1 aromatic heterocycles. The summed E-state index contributed by atoms with van der Waals surface area (Å²) in [7, 11) is 2.27. The smallest absolute Gasteiger partial charge is 0.127 e. The zero-order chi connectivity index (χ0) is 42.3. The lowest BCUT2D eigenvalue weighted by Crippen LogP contribution is -2.18. The quantitative estimate of drug-likeness (QED) is 0.142. The number of aromatic nitrogens is 1. The van der Waals surface area contributed by atoms with Crippen molar-refractivity contribution in [2.45, 2.75) is 0 Å². The number of hydrogen-bond acceptors (Lipinski definition) is 2. The number of nitrogens with zero attached hydrogens (tertiary/aromatic N) is 3. The molecule has 0 radical (unpaired) electrons. The summed E-state index contributed by atoms with van der Waals surface area (Å²) in [5.74, 6) is 2.14. The standard InChI is InChI=1S/C61H41N3/c1-62-60(63(48-24-10-4-11-25-48)52-38-34-46-30-28-42-20-14-22-44-32-36-50(52)56(46)54(42)44)58(40-16-6-2-7-17-40)59(41-18-8-3-9-19-41)61(62)64(49-26-12-5-13-27-49)53-39-35-47-31-29-43-21-15-23-45-33-37-51(53)57(47)55(43)45/h2-39H,1H3. The van der Waals surface area contributed by atoms with Gasteiger partial charge in [-0.2, -0.15) is 0 Å². The summed E-state index contributed by atoms with van der Waals surface area (Å²) in [5, 5.41) is 15.1. The number of benzene rings is 12. The Morgan fingerprint density at radius 3 is 0.969 bits per heavy atom. The Labute approximate surface area is 371 Å². The van der Waals surface area contributed by atoms with Crippen LogP contribution in [-0.2, 0) is 7.05 Å². The van der Waals surface area contributed by atoms with E-state index in [2.05, 4.69) is 252 Å². The molecule has 13 rings (SSSR count). The minimum atomic E-state index is 1.07. The Kier molecular flexibility index (Phi) is 8.13. The van der Waals surface area contributed by atoms with Crippen molar-refractivity contribution < 1.29 is 0 Å². The molecule has 0 bridgehead atoms. The molecule has 0 saturated carbocycles. The molecule has 0 fully saturated rings. The molecule has 0 spiro atoms. The molecule has 3 heteroatoms. The molecule has 64 heavy (non-hydrogen) atoms. The van der Waals surface area contributed by atoms with Crippen LogP contribution in [0.1, 0.15) is 0 Å². The highest BCUT2D eigenvalue weighted by atomic mass is 15.3. The highest BCUT2D eigenvalue weighted by Gasteiger charge is 2.34. The largest absolute Gasteiger partial charge is 0.315 e. The maximum atomic E-state index is 2.51. The van der Waals surface area contributed by atoms with Crippen molar-refractivity contribution in [3.63, 3.8) is 0 Å². The highest BCUT2D eigenvalue weighted by molar-refractivity contribution is 6.27. The molecule has 0 atom stereocenters. The highest BCUT2D eigenvalue weighted by Crippen LogP contribution is 2.56. The van der Waals surface area contributed by atoms with Gasteiger partial charge in [-0.3, -0.25) is 9.80 Å². The normalized spacial score (nSPS) is 11.8. The summed E-state index contributed by atoms with van der Waals surface area (Å²) in [6.45, 7) is 0. The summed E-state index contributed by atoms with van der Waals surface area (Å²) >= 11 is 0. The first-order chi connectivity index (χ1) is 31.7. The molecule has 0 aliphatic heterocycles. The monoisotopic (exact) mass is 815 g/mol. The van der Waals surface area contributed by atoms with E-state index in [1.807, 2.05) is 0 Å². The van der Waals surface area contributed by atoms with Crippen molar-refractivity contribution in [2.75, 3.05) is 9.80 Å². The van der Waals surface area contributed by atoms with Crippen LogP contribution < -0.4 is 9.80 Å². The molecule has 12 aromatic carbocycles. The molecule has 0 unspecified atom stereocenters. The molecule has 13 aromatic rings. The summed E-state index contributed by atoms with van der Waals surface area (Å²) in [5.41, 5.74) is 8.98. The lowest BCUT2D eigenvalue weighted by Gasteiger charge is -2.31. The Morgan fingerprint density at radius 1 is 0.281 bits per heavy atom. The zero-order valence-electron chi connectivity index (χ0n) is 35.3. The van der Waals surface area contributed by atoms with E-state index in [9.17, 15) is 0 Å². The van der Waals surface area contributed by atoms with Crippen molar-refractivity contribution in [1.82, 2.24) is 4.57 Å². The summed E-state index contributed by atoms with van der Waals surface area (Å²) < 4.78 is 2.46. The summed E-state index contributed by atoms with van der Waals surface area (Å²) in [6.07, 6.45) is 0. The molecule has 3 nitrogen and oxygen atoms in total. The minimum absolute atomic E-state index is 1.07. The van der Waals surface area contributed by atoms with Crippen molar-refractivity contribution in [3.05, 3.63) is 231 Å². The fourth-order valence-corrected chi connectivity index (χ4v) is 10.7. The van der Waals surface area contributed by atoms with E-state index >= 15 is 0 Å². The molecule has 0 amide bonds. The third kappa shape index (κ3) is 5.41. The van der Waals surface area contributed by atoms with E-state index in [-0.39, 0.29) is 0 Å². The summed E-state index contributed by atoms with van der Waals surface area (Å²) in [6, 6.07) is 84.7. The van der Waals surface area contributed by atoms with Crippen LogP contribution in [0.5, 0.6) is 0 Å². The SMILES string of the molecule is Cn1c(N(c2ccccc2)c2ccc3ccc4cccc5ccc2c3c45)c(-c2ccccc2)c(-c2ccccc2)c1N(c1ccccc1)c1ccc2ccc3cccc4ccc1c2c34. The summed E-state index contributed by atoms with van der Waals surface area (Å²) in [4.78, 5) is 5.02. The van der Waals surface area contributed by atoms with Crippen molar-refractivity contribution >= 4 is 99.0 Å². The van der Waals surface area contributed by atoms with Gasteiger partial charge in [-0.25, -0.2) is 0 Å². The number of rotatable bonds is 8. The minimum Gasteiger partial charge on any atom is -0.315 e. The average molecular weight is 816 g/mol. The van der Waals surface area contributed by atoms with Crippen molar-refractivity contribution in [2.24, 2.45) is 7.05 Å². The number of anilines is 6. The molecule has 300 valence electrons. The van der Waals surface area contributed by atoms with Crippen LogP contribution in [0.15, 0.2) is 231 Å². The second-order valence-electron chi connectivity index (χ2n) is 16.9. The van der Waals surface area contributed by atoms with Crippen LogP contribution >= 0.6 is 0 Å². The topological polar surface area (TPSA) is 11.4 Å². The number of para-hydroxylation sites is 2. The van der Waals surface area contributed by atoms with E-state index in [1.54, 1.807) is 0 Å². The van der Waals surface area contributed by atoms with Gasteiger partial charge in [-0.15, -0.1) is 0 Å². The van der Waals surface area contributed by atoms with Crippen molar-refractivity contribution in [1.29, 1.82) is 0 Å². The van der Waals surface area contributed by atoms with Crippen LogP contribution in [0.2, 0.25) is 0 Å². The Bertz CT molecular complexity index is 3550. The molecule has 1 heterocycles. The maximum Gasteiger partial charge on any atom is 0.127 e. The molecule has 0 aliphatic carbocycles. The molecule has 0 N–H and O–H groups in total. The van der Waals surface area contributed by atoms with Gasteiger partial charge in [-0.1, -0.05) is 194 Å². The molecule has 0 aliphatic rings. The predicted molar refractivity (Wildman–Crippen MR) is 273 cm³/mol. The van der Waals surface area contributed by atoms with E-state index in [1.165, 1.54) is 64.6 Å². The molecular weight excluding hydrogens is 775 g/mol. The third-order valence-corrected chi connectivity index (χ3v) is 13.4. The van der Waals surface area contributed by atoms with Crippen molar-refractivity contribution in [3.8, 4) is 22.3 Å². The van der Waals surface area contributed by atoms with Gasteiger partial charge < -0.3 is 4.57 Å². The fraction of sp³-hybridized carbons (Fsp3) is 0.0164. The Hall–Kier alpha value is -8.40. The molecular formula is C61H41N3. The van der Waals surface area contributed by atoms with Crippen LogP contribution in [0.4, 0.5) is 34.4 Å². The van der Waals surface area contributed by atoms with Crippen LogP contribution in [0.25, 0.3) is 86.9 Å². The predicted octanol–water partition coefficient (Wildman–Crippen LogP) is 17.1. The third-order valence-electron chi connectivity index (χ3n) is 13.4. The van der Waals surface area contributed by atoms with Gasteiger partial charge in [0.25, 0.3) is 0 Å². The van der Waals surface area contributed by atoms with E-state index in [0.29, 0.717) is 0 Å². The lowest BCUT2D eigenvalue weighted by molar-refractivity contribution is 0.903. The van der Waals surface area contributed by atoms with Gasteiger partial charge in [0.05, 0.1) is 11.4 Å². The Morgan fingerprint density at radius 2 is 0.594 bits per heavy atom. The first-order valence-corrected chi connectivity index (χ1v) is 22.1. The van der Waals surface area contributed by atoms with E-state index in [0.717, 1.165) is 56.6 Å². The van der Waals surface area contributed by atoms with Gasteiger partial charge in [0.1, 0.15) is 11.6 Å². The van der Waals surface area contributed by atoms with Gasteiger partial charge in [0.2, 0.25) is 0 Å². The maximum absolute atomic E-state index is 2.51. The Balaban J connectivity index is 1.20. The lowest BCUT2D eigenvalue weighted by atomic mass is 9.92.